The number of pyridine rings is 1. The van der Waals surface area contributed by atoms with Crippen LogP contribution in [-0.4, -0.2) is 29.5 Å². The van der Waals surface area contributed by atoms with Gasteiger partial charge in [0.05, 0.1) is 12.5 Å². The molecule has 1 amide bonds. The third-order valence-electron chi connectivity index (χ3n) is 6.52. The monoisotopic (exact) mass is 511 g/mol. The molecule has 1 aliphatic rings. The highest BCUT2D eigenvalue weighted by atomic mass is 19.1. The van der Waals surface area contributed by atoms with Crippen molar-refractivity contribution in [2.24, 2.45) is 10.9 Å². The van der Waals surface area contributed by atoms with Gasteiger partial charge in [0, 0.05) is 30.1 Å². The van der Waals surface area contributed by atoms with Gasteiger partial charge in [0.15, 0.2) is 5.78 Å². The summed E-state index contributed by atoms with van der Waals surface area (Å²) in [5, 5.41) is 2.78. The Labute approximate surface area is 221 Å². The summed E-state index contributed by atoms with van der Waals surface area (Å²) in [7, 11) is 1.61. The lowest BCUT2D eigenvalue weighted by Crippen LogP contribution is -2.31. The predicted molar refractivity (Wildman–Crippen MR) is 149 cm³/mol. The zero-order valence-corrected chi connectivity index (χ0v) is 21.5. The number of amides is 1. The molecular weight excluding hydrogens is 481 g/mol. The lowest BCUT2D eigenvalue weighted by Gasteiger charge is -2.19. The van der Waals surface area contributed by atoms with Crippen LogP contribution in [-0.2, 0) is 11.3 Å². The van der Waals surface area contributed by atoms with Crippen molar-refractivity contribution in [3.05, 3.63) is 117 Å². The first-order valence-corrected chi connectivity index (χ1v) is 12.6. The number of aromatic nitrogens is 1. The van der Waals surface area contributed by atoms with Crippen molar-refractivity contribution >= 4 is 29.2 Å². The largest absolute Gasteiger partial charge is 0.321 e. The Hall–Kier alpha value is -4.39. The van der Waals surface area contributed by atoms with Crippen molar-refractivity contribution in [2.45, 2.75) is 32.7 Å². The number of allylic oxidation sites excluding steroid dienone is 4. The molecule has 3 aromatic rings. The number of ketones is 1. The van der Waals surface area contributed by atoms with Crippen LogP contribution in [0.3, 0.4) is 0 Å². The van der Waals surface area contributed by atoms with Gasteiger partial charge in [-0.3, -0.25) is 14.4 Å². The normalized spacial score (nSPS) is 13.8. The van der Waals surface area contributed by atoms with Crippen LogP contribution in [0, 0.1) is 11.7 Å². The van der Waals surface area contributed by atoms with Gasteiger partial charge < -0.3 is 14.9 Å². The van der Waals surface area contributed by atoms with E-state index in [0.717, 1.165) is 29.7 Å². The molecule has 0 saturated carbocycles. The first kappa shape index (κ1) is 26.7. The van der Waals surface area contributed by atoms with Gasteiger partial charge in [-0.25, -0.2) is 4.39 Å². The number of rotatable bonds is 9. The van der Waals surface area contributed by atoms with E-state index in [-0.39, 0.29) is 29.5 Å². The number of nitrogens with zero attached hydrogens (tertiary/aromatic N) is 2. The molecule has 0 aliphatic heterocycles. The number of anilines is 1. The quantitative estimate of drug-likeness (QED) is 0.297. The summed E-state index contributed by atoms with van der Waals surface area (Å²) in [5.74, 6) is -1.37. The highest BCUT2D eigenvalue weighted by Gasteiger charge is 2.19. The molecule has 1 aliphatic carbocycles. The number of nitrogens with one attached hydrogen (secondary N) is 1. The molecular formula is C31H30FN3O3. The van der Waals surface area contributed by atoms with Gasteiger partial charge in [-0.05, 0) is 72.9 Å². The van der Waals surface area contributed by atoms with E-state index in [0.29, 0.717) is 17.5 Å². The van der Waals surface area contributed by atoms with Crippen molar-refractivity contribution in [1.82, 2.24) is 4.57 Å². The Morgan fingerprint density at radius 1 is 1.11 bits per heavy atom. The Balaban J connectivity index is 1.71. The summed E-state index contributed by atoms with van der Waals surface area (Å²) >= 11 is 0. The fourth-order valence-corrected chi connectivity index (χ4v) is 4.45. The van der Waals surface area contributed by atoms with Gasteiger partial charge in [0.1, 0.15) is 11.5 Å². The fourth-order valence-electron chi connectivity index (χ4n) is 4.45. The molecule has 1 N–H and O–H groups in total. The maximum absolute atomic E-state index is 13.7. The molecule has 0 saturated heterocycles. The second-order valence-corrected chi connectivity index (χ2v) is 9.13. The zero-order chi connectivity index (χ0) is 27.1. The van der Waals surface area contributed by atoms with Crippen molar-refractivity contribution in [3.63, 3.8) is 0 Å². The third-order valence-corrected chi connectivity index (χ3v) is 6.52. The molecule has 1 atom stereocenters. The molecule has 0 spiro atoms. The van der Waals surface area contributed by atoms with Crippen molar-refractivity contribution in [1.29, 1.82) is 0 Å². The SMILES string of the molecule is CCC(C=NC)C(=O)Nc1ccc(C2=CC=CCC2)n(Cc2cccc(C(=O)c3ccc(F)cc3)c2)c1=O. The molecule has 2 aromatic carbocycles. The van der Waals surface area contributed by atoms with Crippen LogP contribution in [0.25, 0.3) is 5.57 Å². The number of hydrogen-bond donors (Lipinski definition) is 1. The van der Waals surface area contributed by atoms with E-state index < -0.39 is 11.7 Å². The van der Waals surface area contributed by atoms with Gasteiger partial charge in [-0.15, -0.1) is 0 Å². The molecule has 6 nitrogen and oxygen atoms in total. The van der Waals surface area contributed by atoms with Crippen LogP contribution in [0.15, 0.2) is 88.7 Å². The second-order valence-electron chi connectivity index (χ2n) is 9.13. The minimum atomic E-state index is -0.437. The highest BCUT2D eigenvalue weighted by molar-refractivity contribution is 6.09. The minimum absolute atomic E-state index is 0.187. The van der Waals surface area contributed by atoms with E-state index in [2.05, 4.69) is 16.4 Å². The van der Waals surface area contributed by atoms with Crippen molar-refractivity contribution in [2.75, 3.05) is 12.4 Å². The van der Waals surface area contributed by atoms with Crippen molar-refractivity contribution < 1.29 is 14.0 Å². The average molecular weight is 512 g/mol. The first-order chi connectivity index (χ1) is 18.4. The van der Waals surface area contributed by atoms with Gasteiger partial charge in [0.2, 0.25) is 5.91 Å². The van der Waals surface area contributed by atoms with Gasteiger partial charge in [-0.2, -0.15) is 0 Å². The third kappa shape index (κ3) is 6.11. The van der Waals surface area contributed by atoms with Crippen LogP contribution < -0.4 is 10.9 Å². The minimum Gasteiger partial charge on any atom is -0.321 e. The van der Waals surface area contributed by atoms with E-state index >= 15 is 0 Å². The fraction of sp³-hybridized carbons (Fsp3) is 0.226. The van der Waals surface area contributed by atoms with E-state index in [1.165, 1.54) is 24.3 Å². The Bertz CT molecular complexity index is 1480. The van der Waals surface area contributed by atoms with Crippen LogP contribution >= 0.6 is 0 Å². The topological polar surface area (TPSA) is 80.5 Å². The average Bonchev–Trinajstić information content (AvgIpc) is 2.94. The second kappa shape index (κ2) is 12.2. The number of carbonyl (C=O) groups excluding carboxylic acids is 2. The maximum Gasteiger partial charge on any atom is 0.275 e. The van der Waals surface area contributed by atoms with Crippen LogP contribution in [0.5, 0.6) is 0 Å². The molecule has 194 valence electrons. The maximum atomic E-state index is 13.7. The molecule has 1 heterocycles. The Morgan fingerprint density at radius 2 is 1.89 bits per heavy atom. The van der Waals surface area contributed by atoms with Crippen LogP contribution in [0.2, 0.25) is 0 Å². The molecule has 4 rings (SSSR count). The molecule has 38 heavy (non-hydrogen) atoms. The van der Waals surface area contributed by atoms with Crippen LogP contribution in [0.1, 0.15) is 53.4 Å². The van der Waals surface area contributed by atoms with Gasteiger partial charge in [0.25, 0.3) is 5.56 Å². The standard InChI is InChI=1S/C31H30FN3O3/c1-3-22(19-33-2)30(37)34-27-16-17-28(23-9-5-4-6-10-23)35(31(27)38)20-21-8-7-11-25(18-21)29(36)24-12-14-26(32)15-13-24/h4-5,7-9,11-19,22H,3,6,10,20H2,1-2H3,(H,34,37). The number of aliphatic imine (C=N–C) groups is 1. The summed E-state index contributed by atoms with van der Waals surface area (Å²) in [5.41, 5.74) is 3.21. The number of halogens is 1. The van der Waals surface area contributed by atoms with E-state index in [1.807, 2.05) is 31.2 Å². The molecule has 1 aromatic heterocycles. The lowest BCUT2D eigenvalue weighted by atomic mass is 9.99. The van der Waals surface area contributed by atoms with E-state index in [9.17, 15) is 18.8 Å². The summed E-state index contributed by atoms with van der Waals surface area (Å²) < 4.78 is 15.0. The summed E-state index contributed by atoms with van der Waals surface area (Å²) in [6, 6.07) is 16.0. The molecule has 7 heteroatoms. The first-order valence-electron chi connectivity index (χ1n) is 12.6. The summed E-state index contributed by atoms with van der Waals surface area (Å²) in [4.78, 5) is 43.4. The Kier molecular flexibility index (Phi) is 8.58. The van der Waals surface area contributed by atoms with E-state index in [1.54, 1.807) is 42.1 Å². The summed E-state index contributed by atoms with van der Waals surface area (Å²) in [6.07, 6.45) is 9.83. The highest BCUT2D eigenvalue weighted by Crippen LogP contribution is 2.25. The Morgan fingerprint density at radius 3 is 2.58 bits per heavy atom. The van der Waals surface area contributed by atoms with E-state index in [4.69, 9.17) is 0 Å². The predicted octanol–water partition coefficient (Wildman–Crippen LogP) is 5.67. The number of benzene rings is 2. The van der Waals surface area contributed by atoms with Crippen LogP contribution in [0.4, 0.5) is 10.1 Å². The number of hydrogen-bond acceptors (Lipinski definition) is 4. The summed E-state index contributed by atoms with van der Waals surface area (Å²) in [6.45, 7) is 2.09. The molecule has 0 radical (unpaired) electrons. The zero-order valence-electron chi connectivity index (χ0n) is 21.5. The number of carbonyl (C=O) groups is 2. The van der Waals surface area contributed by atoms with Gasteiger partial charge in [-0.1, -0.05) is 43.4 Å². The molecule has 0 bridgehead atoms. The molecule has 0 fully saturated rings. The smallest absolute Gasteiger partial charge is 0.275 e. The van der Waals surface area contributed by atoms with Gasteiger partial charge >= 0.3 is 0 Å². The molecule has 1 unspecified atom stereocenters. The van der Waals surface area contributed by atoms with Crippen molar-refractivity contribution in [3.8, 4) is 0 Å². The lowest BCUT2D eigenvalue weighted by molar-refractivity contribution is -0.118.